The zero-order valence-electron chi connectivity index (χ0n) is 14.4. The normalized spacial score (nSPS) is 18.0. The fraction of sp³-hybridized carbons (Fsp3) is 0.429. The van der Waals surface area contributed by atoms with Gasteiger partial charge in [-0.05, 0) is 55.1 Å². The second-order valence-electron chi connectivity index (χ2n) is 7.18. The summed E-state index contributed by atoms with van der Waals surface area (Å²) in [7, 11) is 2.06. The van der Waals surface area contributed by atoms with E-state index in [1.54, 1.807) is 0 Å². The molecule has 0 bridgehead atoms. The zero-order valence-corrected chi connectivity index (χ0v) is 14.4. The third-order valence-electron chi connectivity index (χ3n) is 5.13. The fourth-order valence-electron chi connectivity index (χ4n) is 3.55. The highest BCUT2D eigenvalue weighted by Gasteiger charge is 2.29. The molecule has 0 atom stereocenters. The first-order valence-corrected chi connectivity index (χ1v) is 8.70. The number of nitrogens with one attached hydrogen (secondary N) is 1. The predicted octanol–water partition coefficient (Wildman–Crippen LogP) is 4.18. The van der Waals surface area contributed by atoms with Crippen molar-refractivity contribution < 1.29 is 0 Å². The van der Waals surface area contributed by atoms with Crippen molar-refractivity contribution in [3.05, 3.63) is 60.2 Å². The highest BCUT2D eigenvalue weighted by molar-refractivity contribution is 5.63. The minimum Gasteiger partial charge on any atom is -0.319 e. The van der Waals surface area contributed by atoms with Gasteiger partial charge in [0.2, 0.25) is 0 Å². The summed E-state index contributed by atoms with van der Waals surface area (Å²) in [5, 5.41) is 3.35. The van der Waals surface area contributed by atoms with Gasteiger partial charge in [-0.25, -0.2) is 0 Å². The number of piperidine rings is 1. The molecule has 23 heavy (non-hydrogen) atoms. The molecule has 0 amide bonds. The first-order valence-electron chi connectivity index (χ1n) is 8.70. The molecule has 3 rings (SSSR count). The second kappa shape index (κ2) is 7.29. The van der Waals surface area contributed by atoms with Gasteiger partial charge in [-0.2, -0.15) is 0 Å². The lowest BCUT2D eigenvalue weighted by molar-refractivity contribution is 0.113. The summed E-state index contributed by atoms with van der Waals surface area (Å²) in [4.78, 5) is 2.59. The molecule has 1 aliphatic rings. The molecule has 1 saturated heterocycles. The maximum Gasteiger partial charge on any atom is 0.0233 e. The molecular weight excluding hydrogens is 280 g/mol. The lowest BCUT2D eigenvalue weighted by Crippen LogP contribution is -2.42. The van der Waals surface area contributed by atoms with E-state index in [1.807, 2.05) is 0 Å². The van der Waals surface area contributed by atoms with Gasteiger partial charge in [0, 0.05) is 13.1 Å². The molecule has 0 aliphatic carbocycles. The van der Waals surface area contributed by atoms with Crippen LogP contribution in [0.3, 0.4) is 0 Å². The maximum absolute atomic E-state index is 3.35. The number of rotatable bonds is 5. The van der Waals surface area contributed by atoms with Crippen molar-refractivity contribution in [2.45, 2.75) is 26.3 Å². The van der Waals surface area contributed by atoms with E-state index < -0.39 is 0 Å². The smallest absolute Gasteiger partial charge is 0.0233 e. The van der Waals surface area contributed by atoms with E-state index in [4.69, 9.17) is 0 Å². The van der Waals surface area contributed by atoms with Gasteiger partial charge in [-0.15, -0.1) is 0 Å². The average Bonchev–Trinajstić information content (AvgIpc) is 2.59. The third kappa shape index (κ3) is 4.21. The number of hydrogen-bond donors (Lipinski definition) is 1. The second-order valence-corrected chi connectivity index (χ2v) is 7.18. The summed E-state index contributed by atoms with van der Waals surface area (Å²) in [5.41, 5.74) is 4.49. The van der Waals surface area contributed by atoms with Crippen LogP contribution in [0, 0.1) is 5.41 Å². The van der Waals surface area contributed by atoms with E-state index in [0.717, 1.165) is 13.1 Å². The molecule has 0 saturated carbocycles. The van der Waals surface area contributed by atoms with Crippen molar-refractivity contribution in [2.75, 3.05) is 26.7 Å². The molecule has 2 aromatic carbocycles. The van der Waals surface area contributed by atoms with Gasteiger partial charge >= 0.3 is 0 Å². The van der Waals surface area contributed by atoms with Crippen LogP contribution in [0.4, 0.5) is 0 Å². The molecule has 0 unspecified atom stereocenters. The van der Waals surface area contributed by atoms with E-state index in [1.165, 1.54) is 42.6 Å². The number of nitrogens with zero attached hydrogens (tertiary/aromatic N) is 1. The lowest BCUT2D eigenvalue weighted by atomic mass is 9.80. The average molecular weight is 308 g/mol. The monoisotopic (exact) mass is 308 g/mol. The van der Waals surface area contributed by atoms with Gasteiger partial charge in [-0.3, -0.25) is 4.90 Å². The van der Waals surface area contributed by atoms with Crippen LogP contribution in [-0.2, 0) is 6.54 Å². The van der Waals surface area contributed by atoms with Gasteiger partial charge in [0.05, 0.1) is 0 Å². The van der Waals surface area contributed by atoms with Crippen LogP contribution in [0.5, 0.6) is 0 Å². The SMILES string of the molecule is CNCC1(C)CCN(Cc2ccc(-c3ccccc3)cc2)CC1. The largest absolute Gasteiger partial charge is 0.319 e. The van der Waals surface area contributed by atoms with Gasteiger partial charge in [0.1, 0.15) is 0 Å². The predicted molar refractivity (Wildman–Crippen MR) is 98.4 cm³/mol. The topological polar surface area (TPSA) is 15.3 Å². The Morgan fingerprint density at radius 3 is 2.13 bits per heavy atom. The summed E-state index contributed by atoms with van der Waals surface area (Å²) in [6, 6.07) is 19.7. The Bertz CT molecular complexity index is 595. The minimum absolute atomic E-state index is 0.475. The summed E-state index contributed by atoms with van der Waals surface area (Å²) >= 11 is 0. The Balaban J connectivity index is 1.57. The van der Waals surface area contributed by atoms with Gasteiger partial charge in [0.25, 0.3) is 0 Å². The summed E-state index contributed by atoms with van der Waals surface area (Å²) in [5.74, 6) is 0. The molecule has 2 nitrogen and oxygen atoms in total. The van der Waals surface area contributed by atoms with Crippen molar-refractivity contribution in [1.29, 1.82) is 0 Å². The zero-order chi connectivity index (χ0) is 16.1. The highest BCUT2D eigenvalue weighted by Crippen LogP contribution is 2.30. The van der Waals surface area contributed by atoms with Crippen LogP contribution < -0.4 is 5.32 Å². The van der Waals surface area contributed by atoms with Gasteiger partial charge < -0.3 is 5.32 Å². The Kier molecular flexibility index (Phi) is 5.14. The molecule has 2 heteroatoms. The van der Waals surface area contributed by atoms with Crippen molar-refractivity contribution in [1.82, 2.24) is 10.2 Å². The lowest BCUT2D eigenvalue weighted by Gasteiger charge is -2.39. The quantitative estimate of drug-likeness (QED) is 0.891. The Labute approximate surface area is 140 Å². The van der Waals surface area contributed by atoms with Crippen LogP contribution in [0.2, 0.25) is 0 Å². The molecule has 1 aliphatic heterocycles. The first kappa shape index (κ1) is 16.2. The molecular formula is C21H28N2. The van der Waals surface area contributed by atoms with Crippen LogP contribution in [0.25, 0.3) is 11.1 Å². The number of likely N-dealkylation sites (tertiary alicyclic amines) is 1. The molecule has 0 spiro atoms. The molecule has 0 radical (unpaired) electrons. The van der Waals surface area contributed by atoms with Crippen LogP contribution in [0.15, 0.2) is 54.6 Å². The summed E-state index contributed by atoms with van der Waals surface area (Å²) < 4.78 is 0. The molecule has 1 N–H and O–H groups in total. The van der Waals surface area contributed by atoms with E-state index in [2.05, 4.69) is 78.8 Å². The Morgan fingerprint density at radius 1 is 0.913 bits per heavy atom. The Hall–Kier alpha value is -1.64. The molecule has 1 fully saturated rings. The number of benzene rings is 2. The molecule has 1 heterocycles. The Morgan fingerprint density at radius 2 is 1.52 bits per heavy atom. The standard InChI is InChI=1S/C21H28N2/c1-21(17-22-2)12-14-23(15-13-21)16-18-8-10-20(11-9-18)19-6-4-3-5-7-19/h3-11,22H,12-17H2,1-2H3. The first-order chi connectivity index (χ1) is 11.2. The molecule has 0 aromatic heterocycles. The summed E-state index contributed by atoms with van der Waals surface area (Å²) in [6.07, 6.45) is 2.58. The highest BCUT2D eigenvalue weighted by atomic mass is 15.1. The van der Waals surface area contributed by atoms with E-state index in [-0.39, 0.29) is 0 Å². The van der Waals surface area contributed by atoms with Crippen molar-refractivity contribution >= 4 is 0 Å². The maximum atomic E-state index is 3.35. The van der Waals surface area contributed by atoms with Crippen LogP contribution in [-0.4, -0.2) is 31.6 Å². The van der Waals surface area contributed by atoms with Crippen LogP contribution >= 0.6 is 0 Å². The third-order valence-corrected chi connectivity index (χ3v) is 5.13. The van der Waals surface area contributed by atoms with Crippen molar-refractivity contribution in [3.8, 4) is 11.1 Å². The minimum atomic E-state index is 0.475. The van der Waals surface area contributed by atoms with Crippen molar-refractivity contribution in [3.63, 3.8) is 0 Å². The van der Waals surface area contributed by atoms with Crippen LogP contribution in [0.1, 0.15) is 25.3 Å². The number of hydrogen-bond acceptors (Lipinski definition) is 2. The van der Waals surface area contributed by atoms with Gasteiger partial charge in [-0.1, -0.05) is 61.5 Å². The molecule has 2 aromatic rings. The molecule has 122 valence electrons. The van der Waals surface area contributed by atoms with E-state index in [9.17, 15) is 0 Å². The van der Waals surface area contributed by atoms with Crippen molar-refractivity contribution in [2.24, 2.45) is 5.41 Å². The van der Waals surface area contributed by atoms with Gasteiger partial charge in [0.15, 0.2) is 0 Å². The summed E-state index contributed by atoms with van der Waals surface area (Å²) in [6.45, 7) is 7.03. The fourth-order valence-corrected chi connectivity index (χ4v) is 3.55. The van der Waals surface area contributed by atoms with E-state index >= 15 is 0 Å². The van der Waals surface area contributed by atoms with E-state index in [0.29, 0.717) is 5.41 Å².